The Morgan fingerprint density at radius 1 is 0.571 bits per heavy atom. The largest absolute Gasteiger partial charge is 0.342 e. The van der Waals surface area contributed by atoms with Crippen molar-refractivity contribution in [2.45, 2.75) is 65.5 Å². The topological polar surface area (TPSA) is 47.1 Å². The molecule has 0 N–H and O–H groups in total. The highest BCUT2D eigenvalue weighted by molar-refractivity contribution is 5.81. The molecule has 160 valence electrons. The van der Waals surface area contributed by atoms with Crippen LogP contribution in [0.15, 0.2) is 0 Å². The molecule has 6 heteroatoms. The van der Waals surface area contributed by atoms with Crippen molar-refractivity contribution >= 4 is 11.8 Å². The summed E-state index contributed by atoms with van der Waals surface area (Å²) >= 11 is 0. The fourth-order valence-corrected chi connectivity index (χ4v) is 4.98. The van der Waals surface area contributed by atoms with Crippen LogP contribution in [0.2, 0.25) is 0 Å². The quantitative estimate of drug-likeness (QED) is 0.733. The molecule has 0 radical (unpaired) electrons. The van der Waals surface area contributed by atoms with Crippen molar-refractivity contribution in [2.24, 2.45) is 11.8 Å². The lowest BCUT2D eigenvalue weighted by Crippen LogP contribution is -2.53. The van der Waals surface area contributed by atoms with Crippen LogP contribution in [0.3, 0.4) is 0 Å². The van der Waals surface area contributed by atoms with Gasteiger partial charge in [0, 0.05) is 63.2 Å². The summed E-state index contributed by atoms with van der Waals surface area (Å²) in [5.41, 5.74) is 0. The molecule has 0 aromatic heterocycles. The normalized spacial score (nSPS) is 24.4. The Hall–Kier alpha value is -1.14. The number of nitrogens with zero attached hydrogens (tertiary/aromatic N) is 4. The number of rotatable bonds is 4. The Bertz CT molecular complexity index is 479. The van der Waals surface area contributed by atoms with Gasteiger partial charge < -0.3 is 14.7 Å². The van der Waals surface area contributed by atoms with E-state index in [4.69, 9.17) is 0 Å². The molecular formula is C22H40N4O2. The fraction of sp³-hybridized carbons (Fsp3) is 0.909. The molecule has 0 atom stereocenters. The molecule has 28 heavy (non-hydrogen) atoms. The van der Waals surface area contributed by atoms with Crippen LogP contribution in [0.5, 0.6) is 0 Å². The van der Waals surface area contributed by atoms with Gasteiger partial charge >= 0.3 is 0 Å². The average Bonchev–Trinajstić information content (AvgIpc) is 2.73. The van der Waals surface area contributed by atoms with E-state index in [1.165, 1.54) is 0 Å². The molecule has 0 spiro atoms. The Labute approximate surface area is 171 Å². The van der Waals surface area contributed by atoms with Crippen LogP contribution in [0.1, 0.15) is 53.4 Å². The summed E-state index contributed by atoms with van der Waals surface area (Å²) in [7, 11) is 0. The van der Waals surface area contributed by atoms with Gasteiger partial charge in [0.2, 0.25) is 11.8 Å². The maximum atomic E-state index is 12.9. The highest BCUT2D eigenvalue weighted by atomic mass is 16.2. The predicted octanol–water partition coefficient (Wildman–Crippen LogP) is 1.90. The number of likely N-dealkylation sites (tertiary alicyclic amines) is 2. The molecule has 0 saturated carbocycles. The summed E-state index contributed by atoms with van der Waals surface area (Å²) in [4.78, 5) is 34.8. The van der Waals surface area contributed by atoms with Gasteiger partial charge in [-0.2, -0.15) is 0 Å². The summed E-state index contributed by atoms with van der Waals surface area (Å²) in [6.07, 6.45) is 3.63. The van der Waals surface area contributed by atoms with Crippen LogP contribution < -0.4 is 0 Å². The van der Waals surface area contributed by atoms with E-state index in [9.17, 15) is 9.59 Å². The zero-order valence-electron chi connectivity index (χ0n) is 18.4. The number of amides is 2. The minimum absolute atomic E-state index is 0.109. The molecule has 6 nitrogen and oxygen atoms in total. The number of carbonyl (C=O) groups excluding carboxylic acids is 2. The molecule has 3 heterocycles. The van der Waals surface area contributed by atoms with Gasteiger partial charge in [0.15, 0.2) is 0 Å². The molecule has 3 saturated heterocycles. The minimum atomic E-state index is 0.109. The summed E-state index contributed by atoms with van der Waals surface area (Å²) < 4.78 is 0. The molecule has 0 aromatic carbocycles. The van der Waals surface area contributed by atoms with E-state index in [0.717, 1.165) is 78.0 Å². The zero-order valence-corrected chi connectivity index (χ0v) is 18.4. The van der Waals surface area contributed by atoms with Gasteiger partial charge in [-0.25, -0.2) is 0 Å². The maximum Gasteiger partial charge on any atom is 0.225 e. The first-order valence-electron chi connectivity index (χ1n) is 11.4. The molecule has 2 amide bonds. The molecule has 0 unspecified atom stereocenters. The summed E-state index contributed by atoms with van der Waals surface area (Å²) in [6.45, 7) is 16.1. The Balaban J connectivity index is 1.42. The fourth-order valence-electron chi connectivity index (χ4n) is 4.98. The SMILES string of the molecule is CC(C)N1CCC(C(=O)N2CCC(C(=O)N3CCN(C(C)C)CC3)CC2)CC1. The number of carbonyl (C=O) groups is 2. The van der Waals surface area contributed by atoms with Crippen LogP contribution in [-0.4, -0.2) is 95.9 Å². The van der Waals surface area contributed by atoms with Crippen LogP contribution >= 0.6 is 0 Å². The first kappa shape index (κ1) is 21.6. The van der Waals surface area contributed by atoms with E-state index < -0.39 is 0 Å². The van der Waals surface area contributed by atoms with Gasteiger partial charge in [-0.15, -0.1) is 0 Å². The van der Waals surface area contributed by atoms with E-state index in [-0.39, 0.29) is 11.8 Å². The van der Waals surface area contributed by atoms with E-state index in [0.29, 0.717) is 23.9 Å². The highest BCUT2D eigenvalue weighted by Gasteiger charge is 2.34. The van der Waals surface area contributed by atoms with E-state index >= 15 is 0 Å². The molecular weight excluding hydrogens is 352 g/mol. The minimum Gasteiger partial charge on any atom is -0.342 e. The first-order chi connectivity index (χ1) is 13.4. The standard InChI is InChI=1S/C22H40N4O2/c1-17(2)23-9-5-19(6-10-23)21(27)25-11-7-20(8-12-25)22(28)26-15-13-24(14-16-26)18(3)4/h17-20H,5-16H2,1-4H3. The second-order valence-corrected chi connectivity index (χ2v) is 9.46. The van der Waals surface area contributed by atoms with Gasteiger partial charge in [0.25, 0.3) is 0 Å². The van der Waals surface area contributed by atoms with Crippen LogP contribution in [0.4, 0.5) is 0 Å². The lowest BCUT2D eigenvalue weighted by molar-refractivity contribution is -0.144. The Morgan fingerprint density at radius 2 is 0.929 bits per heavy atom. The highest BCUT2D eigenvalue weighted by Crippen LogP contribution is 2.26. The summed E-state index contributed by atoms with van der Waals surface area (Å²) in [5, 5.41) is 0. The molecule has 0 aromatic rings. The lowest BCUT2D eigenvalue weighted by Gasteiger charge is -2.41. The number of piperidine rings is 2. The molecule has 3 aliphatic rings. The third kappa shape index (κ3) is 5.07. The average molecular weight is 393 g/mol. The number of hydrogen-bond donors (Lipinski definition) is 0. The lowest BCUT2D eigenvalue weighted by atomic mass is 9.91. The third-order valence-electron chi connectivity index (χ3n) is 7.12. The van der Waals surface area contributed by atoms with Crippen molar-refractivity contribution in [3.05, 3.63) is 0 Å². The van der Waals surface area contributed by atoms with Crippen LogP contribution in [-0.2, 0) is 9.59 Å². The van der Waals surface area contributed by atoms with Crippen LogP contribution in [0, 0.1) is 11.8 Å². The number of hydrogen-bond acceptors (Lipinski definition) is 4. The van der Waals surface area contributed by atoms with Gasteiger partial charge in [-0.05, 0) is 66.5 Å². The molecule has 3 fully saturated rings. The van der Waals surface area contributed by atoms with Gasteiger partial charge in [0.1, 0.15) is 0 Å². The van der Waals surface area contributed by atoms with Crippen molar-refractivity contribution in [1.29, 1.82) is 0 Å². The summed E-state index contributed by atoms with van der Waals surface area (Å²) in [6, 6.07) is 1.12. The second kappa shape index (κ2) is 9.57. The van der Waals surface area contributed by atoms with Crippen molar-refractivity contribution in [1.82, 2.24) is 19.6 Å². The van der Waals surface area contributed by atoms with Crippen molar-refractivity contribution in [2.75, 3.05) is 52.4 Å². The maximum absolute atomic E-state index is 12.9. The van der Waals surface area contributed by atoms with E-state index in [2.05, 4.69) is 42.4 Å². The third-order valence-corrected chi connectivity index (χ3v) is 7.12. The van der Waals surface area contributed by atoms with E-state index in [1.807, 2.05) is 4.90 Å². The number of piperazine rings is 1. The van der Waals surface area contributed by atoms with Crippen molar-refractivity contribution < 1.29 is 9.59 Å². The first-order valence-corrected chi connectivity index (χ1v) is 11.4. The second-order valence-electron chi connectivity index (χ2n) is 9.46. The molecule has 0 bridgehead atoms. The van der Waals surface area contributed by atoms with Crippen molar-refractivity contribution in [3.8, 4) is 0 Å². The van der Waals surface area contributed by atoms with Crippen molar-refractivity contribution in [3.63, 3.8) is 0 Å². The van der Waals surface area contributed by atoms with Crippen LogP contribution in [0.25, 0.3) is 0 Å². The smallest absolute Gasteiger partial charge is 0.225 e. The Morgan fingerprint density at radius 3 is 1.36 bits per heavy atom. The van der Waals surface area contributed by atoms with Gasteiger partial charge in [0.05, 0.1) is 0 Å². The van der Waals surface area contributed by atoms with E-state index in [1.54, 1.807) is 0 Å². The molecule has 3 aliphatic heterocycles. The Kier molecular flexibility index (Phi) is 7.37. The van der Waals surface area contributed by atoms with Gasteiger partial charge in [-0.3, -0.25) is 14.5 Å². The monoisotopic (exact) mass is 392 g/mol. The zero-order chi connectivity index (χ0) is 20.3. The molecule has 3 rings (SSSR count). The summed E-state index contributed by atoms with van der Waals surface area (Å²) in [5.74, 6) is 0.949. The van der Waals surface area contributed by atoms with Gasteiger partial charge in [-0.1, -0.05) is 0 Å². The molecule has 0 aliphatic carbocycles. The predicted molar refractivity (Wildman–Crippen MR) is 112 cm³/mol.